The van der Waals surface area contributed by atoms with Gasteiger partial charge in [-0.05, 0) is 53.8 Å². The molecule has 4 aromatic rings. The second-order valence-corrected chi connectivity index (χ2v) is 11.5. The van der Waals surface area contributed by atoms with Crippen molar-refractivity contribution in [3.63, 3.8) is 0 Å². The number of aromatic nitrogens is 1. The molecule has 0 radical (unpaired) electrons. The molecule has 0 aliphatic heterocycles. The molecular formula is C29H27BrN2O6S. The minimum Gasteiger partial charge on any atom is -0.466 e. The predicted octanol–water partition coefficient (Wildman–Crippen LogP) is 4.91. The number of fused-ring (bicyclic) bond motifs is 1. The molecule has 8 nitrogen and oxygen atoms in total. The van der Waals surface area contributed by atoms with Crippen LogP contribution in [0.25, 0.3) is 21.9 Å². The molecule has 1 N–H and O–H groups in total. The first-order valence-corrected chi connectivity index (χ1v) is 14.6. The first kappa shape index (κ1) is 28.4. The number of Topliss-reactive ketones (excluding diaryl/α,β-unsaturated/α-hetero) is 1. The lowest BCUT2D eigenvalue weighted by Crippen LogP contribution is -2.28. The van der Waals surface area contributed by atoms with Gasteiger partial charge < -0.3 is 4.74 Å². The zero-order valence-electron chi connectivity index (χ0n) is 21.4. The zero-order valence-corrected chi connectivity index (χ0v) is 23.8. The Hall–Kier alpha value is -3.60. The summed E-state index contributed by atoms with van der Waals surface area (Å²) < 4.78 is 34.7. The summed E-state index contributed by atoms with van der Waals surface area (Å²) in [5, 5.41) is 1.13. The summed E-state index contributed by atoms with van der Waals surface area (Å²) in [4.78, 5) is 38.2. The number of esters is 1. The third-order valence-electron chi connectivity index (χ3n) is 6.13. The minimum absolute atomic E-state index is 0.0163. The van der Waals surface area contributed by atoms with Gasteiger partial charge in [0.25, 0.3) is 5.56 Å². The minimum atomic E-state index is -3.85. The molecule has 10 heteroatoms. The fourth-order valence-corrected chi connectivity index (χ4v) is 5.79. The molecule has 0 unspecified atom stereocenters. The van der Waals surface area contributed by atoms with Crippen molar-refractivity contribution in [3.05, 3.63) is 98.9 Å². The number of carbonyl (C=O) groups excluding carboxylic acids is 2. The number of nitrogens with zero attached hydrogens (tertiary/aromatic N) is 1. The van der Waals surface area contributed by atoms with E-state index in [2.05, 4.69) is 20.7 Å². The van der Waals surface area contributed by atoms with Crippen molar-refractivity contribution in [1.29, 1.82) is 0 Å². The molecule has 39 heavy (non-hydrogen) atoms. The van der Waals surface area contributed by atoms with Gasteiger partial charge in [-0.3, -0.25) is 19.0 Å². The van der Waals surface area contributed by atoms with Crippen LogP contribution in [0.2, 0.25) is 0 Å². The normalized spacial score (nSPS) is 11.5. The highest BCUT2D eigenvalue weighted by molar-refractivity contribution is 9.10. The lowest BCUT2D eigenvalue weighted by Gasteiger charge is -2.19. The van der Waals surface area contributed by atoms with E-state index in [1.165, 1.54) is 23.6 Å². The van der Waals surface area contributed by atoms with Crippen LogP contribution >= 0.6 is 15.9 Å². The first-order valence-electron chi connectivity index (χ1n) is 12.3. The smallest absolute Gasteiger partial charge is 0.307 e. The molecule has 4 rings (SSSR count). The fraction of sp³-hybridized carbons (Fsp3) is 0.207. The molecule has 0 amide bonds. The number of sulfonamides is 1. The summed E-state index contributed by atoms with van der Waals surface area (Å²) in [7, 11) is -3.85. The molecule has 0 aliphatic carbocycles. The van der Waals surface area contributed by atoms with E-state index < -0.39 is 16.0 Å². The SMILES string of the molecule is CCOC(=O)CCNS(=O)(=O)c1ccc(Cn2c(C(C)=O)c(-c3ccccc3)c3cc(Br)ccc3c2=O)cc1. The van der Waals surface area contributed by atoms with Crippen LogP contribution < -0.4 is 10.3 Å². The van der Waals surface area contributed by atoms with Crippen molar-refractivity contribution in [2.45, 2.75) is 31.7 Å². The Kier molecular flexibility index (Phi) is 8.79. The summed E-state index contributed by atoms with van der Waals surface area (Å²) in [6.07, 6.45) is -0.0792. The first-order chi connectivity index (χ1) is 18.6. The second kappa shape index (κ2) is 12.1. The van der Waals surface area contributed by atoms with Gasteiger partial charge in [-0.25, -0.2) is 13.1 Å². The van der Waals surface area contributed by atoms with E-state index in [4.69, 9.17) is 4.74 Å². The van der Waals surface area contributed by atoms with E-state index >= 15 is 0 Å². The van der Waals surface area contributed by atoms with E-state index in [0.29, 0.717) is 21.9 Å². The number of hydrogen-bond donors (Lipinski definition) is 1. The number of rotatable bonds is 10. The average molecular weight is 612 g/mol. The third kappa shape index (κ3) is 6.35. The number of carbonyl (C=O) groups is 2. The highest BCUT2D eigenvalue weighted by Gasteiger charge is 2.22. The second-order valence-electron chi connectivity index (χ2n) is 8.82. The van der Waals surface area contributed by atoms with Crippen LogP contribution in [0.15, 0.2) is 87.0 Å². The van der Waals surface area contributed by atoms with Gasteiger partial charge in [-0.2, -0.15) is 0 Å². The maximum Gasteiger partial charge on any atom is 0.307 e. The van der Waals surface area contributed by atoms with E-state index in [9.17, 15) is 22.8 Å². The lowest BCUT2D eigenvalue weighted by molar-refractivity contribution is -0.142. The molecule has 3 aromatic carbocycles. The third-order valence-corrected chi connectivity index (χ3v) is 8.10. The molecule has 0 saturated carbocycles. The molecule has 1 aromatic heterocycles. The molecule has 0 atom stereocenters. The van der Waals surface area contributed by atoms with E-state index in [0.717, 1.165) is 10.0 Å². The Morgan fingerprint density at radius 1 is 0.974 bits per heavy atom. The molecule has 202 valence electrons. The Morgan fingerprint density at radius 2 is 1.67 bits per heavy atom. The number of nitrogens with one attached hydrogen (secondary N) is 1. The van der Waals surface area contributed by atoms with Gasteiger partial charge in [0, 0.05) is 28.9 Å². The Bertz CT molecular complexity index is 1700. The molecule has 0 fully saturated rings. The van der Waals surface area contributed by atoms with E-state index in [1.807, 2.05) is 36.4 Å². The van der Waals surface area contributed by atoms with Crippen molar-refractivity contribution in [2.75, 3.05) is 13.2 Å². The Morgan fingerprint density at radius 3 is 2.31 bits per heavy atom. The lowest BCUT2D eigenvalue weighted by atomic mass is 9.95. The van der Waals surface area contributed by atoms with Crippen molar-refractivity contribution >= 4 is 48.5 Å². The standard InChI is InChI=1S/C29H27BrN2O6S/c1-3-38-26(34)15-16-31-39(36,37)23-12-9-20(10-13-23)18-32-28(19(2)33)27(21-7-5-4-6-8-21)25-17-22(30)11-14-24(25)29(32)35/h4-14,17,31H,3,15-16,18H2,1-2H3. The summed E-state index contributed by atoms with van der Waals surface area (Å²) in [6, 6.07) is 20.8. The average Bonchev–Trinajstić information content (AvgIpc) is 2.90. The Balaban J connectivity index is 1.73. The van der Waals surface area contributed by atoms with E-state index in [-0.39, 0.29) is 48.0 Å². The topological polar surface area (TPSA) is 112 Å². The van der Waals surface area contributed by atoms with Gasteiger partial charge in [0.1, 0.15) is 0 Å². The monoisotopic (exact) mass is 610 g/mol. The van der Waals surface area contributed by atoms with E-state index in [1.54, 1.807) is 31.2 Å². The summed E-state index contributed by atoms with van der Waals surface area (Å²) in [5.41, 5.74) is 2.05. The van der Waals surface area contributed by atoms with Gasteiger partial charge in [-0.15, -0.1) is 0 Å². The Labute approximate surface area is 234 Å². The van der Waals surface area contributed by atoms with Gasteiger partial charge in [0.2, 0.25) is 10.0 Å². The van der Waals surface area contributed by atoms with Crippen LogP contribution in [0.5, 0.6) is 0 Å². The summed E-state index contributed by atoms with van der Waals surface area (Å²) in [6.45, 7) is 3.31. The quantitative estimate of drug-likeness (QED) is 0.202. The van der Waals surface area contributed by atoms with Crippen LogP contribution in [-0.4, -0.2) is 37.9 Å². The van der Waals surface area contributed by atoms with Crippen molar-refractivity contribution in [1.82, 2.24) is 9.29 Å². The molecule has 0 bridgehead atoms. The highest BCUT2D eigenvalue weighted by atomic mass is 79.9. The number of ether oxygens (including phenoxy) is 1. The van der Waals surface area contributed by atoms with Crippen molar-refractivity contribution in [3.8, 4) is 11.1 Å². The van der Waals surface area contributed by atoms with Crippen LogP contribution in [0.1, 0.15) is 36.3 Å². The van der Waals surface area contributed by atoms with Gasteiger partial charge in [0.05, 0.1) is 30.2 Å². The van der Waals surface area contributed by atoms with Gasteiger partial charge >= 0.3 is 5.97 Å². The van der Waals surface area contributed by atoms with Crippen molar-refractivity contribution in [2.24, 2.45) is 0 Å². The number of benzene rings is 3. The summed E-state index contributed by atoms with van der Waals surface area (Å²) >= 11 is 3.48. The number of ketones is 1. The largest absolute Gasteiger partial charge is 0.466 e. The fourth-order valence-electron chi connectivity index (χ4n) is 4.39. The maximum absolute atomic E-state index is 13.7. The van der Waals surface area contributed by atoms with Crippen LogP contribution in [0.3, 0.4) is 0 Å². The zero-order chi connectivity index (χ0) is 28.2. The molecular weight excluding hydrogens is 584 g/mol. The highest BCUT2D eigenvalue weighted by Crippen LogP contribution is 2.33. The van der Waals surface area contributed by atoms with Gasteiger partial charge in [0.15, 0.2) is 5.78 Å². The molecule has 0 saturated heterocycles. The molecule has 1 heterocycles. The van der Waals surface area contributed by atoms with Crippen LogP contribution in [-0.2, 0) is 26.1 Å². The number of hydrogen-bond acceptors (Lipinski definition) is 6. The molecule has 0 spiro atoms. The maximum atomic E-state index is 13.7. The number of pyridine rings is 1. The van der Waals surface area contributed by atoms with Gasteiger partial charge in [-0.1, -0.05) is 58.4 Å². The summed E-state index contributed by atoms with van der Waals surface area (Å²) in [5.74, 6) is -0.752. The van der Waals surface area contributed by atoms with Crippen molar-refractivity contribution < 1.29 is 22.7 Å². The molecule has 0 aliphatic rings. The van der Waals surface area contributed by atoms with Crippen LogP contribution in [0, 0.1) is 0 Å². The predicted molar refractivity (Wildman–Crippen MR) is 153 cm³/mol. The van der Waals surface area contributed by atoms with Crippen LogP contribution in [0.4, 0.5) is 0 Å². The number of halogens is 1.